The fraction of sp³-hybridized carbons (Fsp3) is 0.636. The maximum Gasteiger partial charge on any atom is 0.257 e. The molecule has 5 heteroatoms. The second-order valence-electron chi connectivity index (χ2n) is 3.68. The van der Waals surface area contributed by atoms with E-state index < -0.39 is 0 Å². The van der Waals surface area contributed by atoms with Gasteiger partial charge in [-0.1, -0.05) is 13.8 Å². The van der Waals surface area contributed by atoms with Crippen LogP contribution in [0, 0.1) is 0 Å². The Morgan fingerprint density at radius 2 is 2.25 bits per heavy atom. The normalized spacial score (nSPS) is 10.8. The van der Waals surface area contributed by atoms with Crippen molar-refractivity contribution in [2.75, 3.05) is 13.2 Å². The first-order valence-corrected chi connectivity index (χ1v) is 5.65. The predicted molar refractivity (Wildman–Crippen MR) is 61.1 cm³/mol. The summed E-state index contributed by atoms with van der Waals surface area (Å²) in [6, 6.07) is 0.176. The first kappa shape index (κ1) is 12.7. The summed E-state index contributed by atoms with van der Waals surface area (Å²) >= 11 is 0. The number of aliphatic hydroxyl groups excluding tert-OH is 1. The van der Waals surface area contributed by atoms with Crippen LogP contribution in [0.15, 0.2) is 12.4 Å². The Hall–Kier alpha value is -1.36. The summed E-state index contributed by atoms with van der Waals surface area (Å²) in [5, 5.41) is 15.4. The van der Waals surface area contributed by atoms with Crippen molar-refractivity contribution >= 4 is 5.91 Å². The van der Waals surface area contributed by atoms with E-state index in [1.165, 1.54) is 6.20 Å². The Balaban J connectivity index is 2.80. The zero-order chi connectivity index (χ0) is 12.0. The lowest BCUT2D eigenvalue weighted by Gasteiger charge is -2.29. The molecule has 0 aliphatic heterocycles. The average Bonchev–Trinajstić information content (AvgIpc) is 2.82. The number of aromatic nitrogens is 2. The molecule has 0 saturated carbocycles. The third-order valence-electron chi connectivity index (χ3n) is 2.73. The third-order valence-corrected chi connectivity index (χ3v) is 2.73. The van der Waals surface area contributed by atoms with E-state index in [9.17, 15) is 4.79 Å². The number of H-pyrrole nitrogens is 1. The molecule has 2 N–H and O–H groups in total. The monoisotopic (exact) mass is 225 g/mol. The molecule has 0 spiro atoms. The molecular weight excluding hydrogens is 206 g/mol. The first-order valence-electron chi connectivity index (χ1n) is 5.65. The van der Waals surface area contributed by atoms with Gasteiger partial charge >= 0.3 is 0 Å². The molecule has 0 aromatic carbocycles. The molecule has 5 nitrogen and oxygen atoms in total. The van der Waals surface area contributed by atoms with Crippen LogP contribution in [0.3, 0.4) is 0 Å². The van der Waals surface area contributed by atoms with Crippen LogP contribution in [0.1, 0.15) is 37.0 Å². The minimum atomic E-state index is -0.0727. The standard InChI is InChI=1S/C11H19N3O2/c1-3-10(4-2)14(5-6-15)11(16)9-7-12-13-8-9/h7-8,10,15H,3-6H2,1-2H3,(H,12,13). The van der Waals surface area contributed by atoms with Crippen molar-refractivity contribution < 1.29 is 9.90 Å². The lowest BCUT2D eigenvalue weighted by Crippen LogP contribution is -2.41. The fourth-order valence-electron chi connectivity index (χ4n) is 1.82. The van der Waals surface area contributed by atoms with Gasteiger partial charge in [0.1, 0.15) is 0 Å². The summed E-state index contributed by atoms with van der Waals surface area (Å²) < 4.78 is 0. The maximum atomic E-state index is 12.1. The number of nitrogens with zero attached hydrogens (tertiary/aromatic N) is 2. The molecule has 0 bridgehead atoms. The molecular formula is C11H19N3O2. The summed E-state index contributed by atoms with van der Waals surface area (Å²) in [4.78, 5) is 13.8. The highest BCUT2D eigenvalue weighted by Gasteiger charge is 2.22. The minimum Gasteiger partial charge on any atom is -0.395 e. The zero-order valence-corrected chi connectivity index (χ0v) is 9.81. The van der Waals surface area contributed by atoms with Gasteiger partial charge in [0.05, 0.1) is 18.4 Å². The molecule has 0 saturated heterocycles. The van der Waals surface area contributed by atoms with Crippen LogP contribution < -0.4 is 0 Å². The highest BCUT2D eigenvalue weighted by Crippen LogP contribution is 2.12. The Kier molecular flexibility index (Phi) is 4.98. The number of nitrogens with one attached hydrogen (secondary N) is 1. The highest BCUT2D eigenvalue weighted by atomic mass is 16.3. The van der Waals surface area contributed by atoms with E-state index in [0.29, 0.717) is 12.1 Å². The maximum absolute atomic E-state index is 12.1. The van der Waals surface area contributed by atoms with E-state index in [0.717, 1.165) is 12.8 Å². The van der Waals surface area contributed by atoms with Crippen molar-refractivity contribution in [3.63, 3.8) is 0 Å². The van der Waals surface area contributed by atoms with Gasteiger partial charge in [-0.2, -0.15) is 5.10 Å². The van der Waals surface area contributed by atoms with Crippen molar-refractivity contribution in [1.82, 2.24) is 15.1 Å². The van der Waals surface area contributed by atoms with Gasteiger partial charge in [0.15, 0.2) is 0 Å². The number of hydrogen-bond donors (Lipinski definition) is 2. The summed E-state index contributed by atoms with van der Waals surface area (Å²) in [5.41, 5.74) is 0.542. The molecule has 0 fully saturated rings. The summed E-state index contributed by atoms with van der Waals surface area (Å²) in [7, 11) is 0. The molecule has 0 atom stereocenters. The van der Waals surface area contributed by atoms with Crippen LogP contribution in [0.2, 0.25) is 0 Å². The average molecular weight is 225 g/mol. The Morgan fingerprint density at radius 1 is 1.56 bits per heavy atom. The van der Waals surface area contributed by atoms with E-state index in [1.807, 2.05) is 13.8 Å². The van der Waals surface area contributed by atoms with Gasteiger partial charge < -0.3 is 10.0 Å². The largest absolute Gasteiger partial charge is 0.395 e. The molecule has 1 heterocycles. The van der Waals surface area contributed by atoms with Crippen LogP contribution in [-0.4, -0.2) is 45.3 Å². The van der Waals surface area contributed by atoms with Crippen molar-refractivity contribution in [3.05, 3.63) is 18.0 Å². The molecule has 90 valence electrons. The van der Waals surface area contributed by atoms with Gasteiger partial charge in [-0.3, -0.25) is 9.89 Å². The molecule has 0 unspecified atom stereocenters. The van der Waals surface area contributed by atoms with Crippen molar-refractivity contribution in [2.45, 2.75) is 32.7 Å². The van der Waals surface area contributed by atoms with Gasteiger partial charge in [0.25, 0.3) is 5.91 Å². The van der Waals surface area contributed by atoms with Crippen LogP contribution in [0.4, 0.5) is 0 Å². The van der Waals surface area contributed by atoms with E-state index in [1.54, 1.807) is 11.1 Å². The van der Waals surface area contributed by atoms with Gasteiger partial charge in [-0.05, 0) is 12.8 Å². The van der Waals surface area contributed by atoms with Crippen molar-refractivity contribution in [2.24, 2.45) is 0 Å². The van der Waals surface area contributed by atoms with E-state index in [2.05, 4.69) is 10.2 Å². The SMILES string of the molecule is CCC(CC)N(CCO)C(=O)c1cn[nH]c1. The minimum absolute atomic E-state index is 0.0138. The number of aliphatic hydroxyl groups is 1. The number of carbonyl (C=O) groups is 1. The van der Waals surface area contributed by atoms with Gasteiger partial charge in [0, 0.05) is 18.8 Å². The van der Waals surface area contributed by atoms with Crippen LogP contribution in [0.5, 0.6) is 0 Å². The van der Waals surface area contributed by atoms with Crippen LogP contribution in [-0.2, 0) is 0 Å². The van der Waals surface area contributed by atoms with E-state index in [4.69, 9.17) is 5.11 Å². The summed E-state index contributed by atoms with van der Waals surface area (Å²) in [6.45, 7) is 4.44. The number of rotatable bonds is 6. The van der Waals surface area contributed by atoms with Crippen LogP contribution in [0.25, 0.3) is 0 Å². The Bertz CT molecular complexity index is 307. The zero-order valence-electron chi connectivity index (χ0n) is 9.81. The molecule has 0 aliphatic rings. The Morgan fingerprint density at radius 3 is 2.69 bits per heavy atom. The number of carbonyl (C=O) groups excluding carboxylic acids is 1. The molecule has 1 aromatic heterocycles. The highest BCUT2D eigenvalue weighted by molar-refractivity contribution is 5.93. The second kappa shape index (κ2) is 6.27. The van der Waals surface area contributed by atoms with Gasteiger partial charge in [-0.25, -0.2) is 0 Å². The van der Waals surface area contributed by atoms with E-state index >= 15 is 0 Å². The Labute approximate surface area is 95.5 Å². The smallest absolute Gasteiger partial charge is 0.257 e. The number of hydrogen-bond acceptors (Lipinski definition) is 3. The second-order valence-corrected chi connectivity index (χ2v) is 3.68. The molecule has 1 aromatic rings. The molecule has 0 radical (unpaired) electrons. The fourth-order valence-corrected chi connectivity index (χ4v) is 1.82. The van der Waals surface area contributed by atoms with Crippen molar-refractivity contribution in [3.8, 4) is 0 Å². The quantitative estimate of drug-likeness (QED) is 0.759. The number of aromatic amines is 1. The first-order chi connectivity index (χ1) is 7.74. The molecule has 1 rings (SSSR count). The lowest BCUT2D eigenvalue weighted by atomic mass is 10.1. The number of amides is 1. The molecule has 0 aliphatic carbocycles. The van der Waals surface area contributed by atoms with E-state index in [-0.39, 0.29) is 18.6 Å². The topological polar surface area (TPSA) is 69.2 Å². The van der Waals surface area contributed by atoms with Crippen LogP contribution >= 0.6 is 0 Å². The predicted octanol–water partition coefficient (Wildman–Crippen LogP) is 1.03. The van der Waals surface area contributed by atoms with Crippen molar-refractivity contribution in [1.29, 1.82) is 0 Å². The summed E-state index contributed by atoms with van der Waals surface area (Å²) in [5.74, 6) is -0.0727. The molecule has 1 amide bonds. The third kappa shape index (κ3) is 2.82. The van der Waals surface area contributed by atoms with Gasteiger partial charge in [-0.15, -0.1) is 0 Å². The molecule has 16 heavy (non-hydrogen) atoms. The van der Waals surface area contributed by atoms with Gasteiger partial charge in [0.2, 0.25) is 0 Å². The summed E-state index contributed by atoms with van der Waals surface area (Å²) in [6.07, 6.45) is 4.87. The lowest BCUT2D eigenvalue weighted by molar-refractivity contribution is 0.0622.